The fourth-order valence-electron chi connectivity index (χ4n) is 1.77. The normalized spacial score (nSPS) is 10.4. The molecule has 0 radical (unpaired) electrons. The van der Waals surface area contributed by atoms with Gasteiger partial charge in [0.05, 0.1) is 23.5 Å². The average molecular weight is 355 g/mol. The minimum absolute atomic E-state index is 0.102. The quantitative estimate of drug-likeness (QED) is 0.593. The minimum Gasteiger partial charge on any atom is -0.449 e. The number of hydrogen-bond donors (Lipinski definition) is 0. The Bertz CT molecular complexity index is 680. The van der Waals surface area contributed by atoms with Gasteiger partial charge in [-0.3, -0.25) is 4.90 Å². The Kier molecular flexibility index (Phi) is 6.12. The van der Waals surface area contributed by atoms with E-state index in [1.54, 1.807) is 25.4 Å². The molecule has 0 atom stereocenters. The van der Waals surface area contributed by atoms with E-state index in [9.17, 15) is 4.79 Å². The molecule has 0 saturated carbocycles. The fourth-order valence-corrected chi connectivity index (χ4v) is 2.10. The summed E-state index contributed by atoms with van der Waals surface area (Å²) in [7, 11) is 1.60. The van der Waals surface area contributed by atoms with Crippen molar-refractivity contribution in [3.8, 4) is 11.3 Å². The highest BCUT2D eigenvalue weighted by Gasteiger charge is 2.14. The molecule has 6 nitrogen and oxygen atoms in total. The van der Waals surface area contributed by atoms with Crippen molar-refractivity contribution in [1.29, 1.82) is 0 Å². The summed E-state index contributed by atoms with van der Waals surface area (Å²) in [6, 6.07) is 3.44. The summed E-state index contributed by atoms with van der Waals surface area (Å²) in [4.78, 5) is 25.3. The molecule has 0 N–H and O–H groups in total. The fraction of sp³-hybridized carbons (Fsp3) is 0.333. The molecule has 0 unspecified atom stereocenters. The number of hydrogen-bond acceptors (Lipinski definition) is 5. The van der Waals surface area contributed by atoms with E-state index in [-0.39, 0.29) is 5.28 Å². The van der Waals surface area contributed by atoms with Crippen LogP contribution in [-0.4, -0.2) is 34.7 Å². The number of aromatic nitrogens is 3. The van der Waals surface area contributed by atoms with Crippen molar-refractivity contribution < 1.29 is 9.53 Å². The molecule has 0 fully saturated rings. The van der Waals surface area contributed by atoms with Gasteiger partial charge in [0, 0.05) is 18.8 Å². The zero-order chi connectivity index (χ0) is 16.8. The standard InChI is InChI=1S/C15H16Cl2N4O2/c1-3-4-7-23-15(22)21(2)12-6-5-10(8-18-12)13-11(16)9-19-14(17)20-13/h5-6,8-9H,3-4,7H2,1-2H3. The zero-order valence-corrected chi connectivity index (χ0v) is 14.3. The molecule has 0 aliphatic rings. The third-order valence-electron chi connectivity index (χ3n) is 3.08. The molecular weight excluding hydrogens is 339 g/mol. The monoisotopic (exact) mass is 354 g/mol. The Labute approximate surface area is 144 Å². The van der Waals surface area contributed by atoms with Crippen LogP contribution in [0.2, 0.25) is 10.3 Å². The van der Waals surface area contributed by atoms with Gasteiger partial charge in [-0.25, -0.2) is 19.7 Å². The first kappa shape index (κ1) is 17.4. The predicted molar refractivity (Wildman–Crippen MR) is 89.9 cm³/mol. The minimum atomic E-state index is -0.443. The van der Waals surface area contributed by atoms with Crippen molar-refractivity contribution in [2.75, 3.05) is 18.6 Å². The first-order valence-electron chi connectivity index (χ1n) is 7.08. The van der Waals surface area contributed by atoms with Crippen molar-refractivity contribution in [3.63, 3.8) is 0 Å². The lowest BCUT2D eigenvalue weighted by Crippen LogP contribution is -2.28. The van der Waals surface area contributed by atoms with Crippen LogP contribution >= 0.6 is 23.2 Å². The van der Waals surface area contributed by atoms with Crippen LogP contribution < -0.4 is 4.90 Å². The van der Waals surface area contributed by atoms with Crippen molar-refractivity contribution >= 4 is 35.1 Å². The number of pyridine rings is 1. The maximum atomic E-state index is 11.9. The molecular formula is C15H16Cl2N4O2. The number of rotatable bonds is 5. The molecule has 2 rings (SSSR count). The molecule has 2 aromatic heterocycles. The van der Waals surface area contributed by atoms with Crippen LogP contribution in [0.25, 0.3) is 11.3 Å². The molecule has 0 aromatic carbocycles. The molecule has 2 heterocycles. The van der Waals surface area contributed by atoms with Crippen LogP contribution in [-0.2, 0) is 4.74 Å². The summed E-state index contributed by atoms with van der Waals surface area (Å²) in [5.74, 6) is 0.464. The summed E-state index contributed by atoms with van der Waals surface area (Å²) in [6.45, 7) is 2.43. The van der Waals surface area contributed by atoms with Gasteiger partial charge in [0.1, 0.15) is 5.82 Å². The maximum Gasteiger partial charge on any atom is 0.415 e. The first-order chi connectivity index (χ1) is 11.0. The van der Waals surface area contributed by atoms with E-state index in [0.29, 0.717) is 28.7 Å². The Morgan fingerprint density at radius 2 is 2.04 bits per heavy atom. The third-order valence-corrected chi connectivity index (χ3v) is 3.54. The number of anilines is 1. The number of amides is 1. The van der Waals surface area contributed by atoms with Crippen LogP contribution in [0.5, 0.6) is 0 Å². The second kappa shape index (κ2) is 8.08. The van der Waals surface area contributed by atoms with Crippen molar-refractivity contribution in [3.05, 3.63) is 34.8 Å². The van der Waals surface area contributed by atoms with Crippen molar-refractivity contribution in [1.82, 2.24) is 15.0 Å². The second-order valence-corrected chi connectivity index (χ2v) is 5.51. The number of ether oxygens (including phenoxy) is 1. The van der Waals surface area contributed by atoms with Gasteiger partial charge in [-0.1, -0.05) is 24.9 Å². The summed E-state index contributed by atoms with van der Waals surface area (Å²) < 4.78 is 5.14. The summed E-state index contributed by atoms with van der Waals surface area (Å²) in [5, 5.41) is 0.473. The summed E-state index contributed by atoms with van der Waals surface area (Å²) in [5.41, 5.74) is 1.16. The van der Waals surface area contributed by atoms with Gasteiger partial charge in [0.2, 0.25) is 5.28 Å². The van der Waals surface area contributed by atoms with Gasteiger partial charge >= 0.3 is 6.09 Å². The summed E-state index contributed by atoms with van der Waals surface area (Å²) in [6.07, 6.45) is 4.35. The topological polar surface area (TPSA) is 68.2 Å². The van der Waals surface area contributed by atoms with Crippen LogP contribution in [0.4, 0.5) is 10.6 Å². The Hall–Kier alpha value is -1.92. The van der Waals surface area contributed by atoms with Crippen LogP contribution in [0.15, 0.2) is 24.5 Å². The van der Waals surface area contributed by atoms with Crippen LogP contribution in [0.3, 0.4) is 0 Å². The molecule has 0 bridgehead atoms. The maximum absolute atomic E-state index is 11.9. The van der Waals surface area contributed by atoms with Gasteiger partial charge in [0.15, 0.2) is 0 Å². The van der Waals surface area contributed by atoms with E-state index in [2.05, 4.69) is 15.0 Å². The molecule has 23 heavy (non-hydrogen) atoms. The number of halogens is 2. The van der Waals surface area contributed by atoms with Gasteiger partial charge in [-0.2, -0.15) is 0 Å². The highest BCUT2D eigenvalue weighted by molar-refractivity contribution is 6.33. The van der Waals surface area contributed by atoms with Gasteiger partial charge < -0.3 is 4.74 Å². The van der Waals surface area contributed by atoms with E-state index in [1.807, 2.05) is 6.92 Å². The molecule has 8 heteroatoms. The Morgan fingerprint density at radius 3 is 2.70 bits per heavy atom. The van der Waals surface area contributed by atoms with Crippen LogP contribution in [0.1, 0.15) is 19.8 Å². The Morgan fingerprint density at radius 1 is 1.26 bits per heavy atom. The highest BCUT2D eigenvalue weighted by atomic mass is 35.5. The van der Waals surface area contributed by atoms with Gasteiger partial charge in [-0.05, 0) is 30.2 Å². The third kappa shape index (κ3) is 4.53. The largest absolute Gasteiger partial charge is 0.449 e. The molecule has 0 spiro atoms. The molecule has 0 saturated heterocycles. The number of carbonyl (C=O) groups is 1. The van der Waals surface area contributed by atoms with Crippen molar-refractivity contribution in [2.24, 2.45) is 0 Å². The number of carbonyl (C=O) groups excluding carboxylic acids is 1. The van der Waals surface area contributed by atoms with Gasteiger partial charge in [-0.15, -0.1) is 0 Å². The first-order valence-corrected chi connectivity index (χ1v) is 7.83. The molecule has 0 aliphatic carbocycles. The number of nitrogens with zero attached hydrogens (tertiary/aromatic N) is 4. The highest BCUT2D eigenvalue weighted by Crippen LogP contribution is 2.26. The molecule has 122 valence electrons. The SMILES string of the molecule is CCCCOC(=O)N(C)c1ccc(-c2nc(Cl)ncc2Cl)cn1. The van der Waals surface area contributed by atoms with E-state index >= 15 is 0 Å². The lowest BCUT2D eigenvalue weighted by molar-refractivity contribution is 0.153. The predicted octanol–water partition coefficient (Wildman–Crippen LogP) is 4.22. The zero-order valence-electron chi connectivity index (χ0n) is 12.8. The van der Waals surface area contributed by atoms with E-state index in [0.717, 1.165) is 12.8 Å². The Balaban J connectivity index is 2.12. The molecule has 1 amide bonds. The smallest absolute Gasteiger partial charge is 0.415 e. The van der Waals surface area contributed by atoms with Crippen molar-refractivity contribution in [2.45, 2.75) is 19.8 Å². The summed E-state index contributed by atoms with van der Waals surface area (Å²) >= 11 is 11.8. The van der Waals surface area contributed by atoms with E-state index < -0.39 is 6.09 Å². The lowest BCUT2D eigenvalue weighted by atomic mass is 10.2. The average Bonchev–Trinajstić information content (AvgIpc) is 2.56. The second-order valence-electron chi connectivity index (χ2n) is 4.77. The van der Waals surface area contributed by atoms with E-state index in [1.165, 1.54) is 11.1 Å². The van der Waals surface area contributed by atoms with Crippen LogP contribution in [0, 0.1) is 0 Å². The molecule has 2 aromatic rings. The number of unbranched alkanes of at least 4 members (excludes halogenated alkanes) is 1. The van der Waals surface area contributed by atoms with Gasteiger partial charge in [0.25, 0.3) is 0 Å². The lowest BCUT2D eigenvalue weighted by Gasteiger charge is -2.16. The molecule has 0 aliphatic heterocycles. The van der Waals surface area contributed by atoms with E-state index in [4.69, 9.17) is 27.9 Å².